The first-order chi connectivity index (χ1) is 8.86. The molecule has 0 bridgehead atoms. The van der Waals surface area contributed by atoms with Gasteiger partial charge in [0.2, 0.25) is 5.95 Å². The average Bonchev–Trinajstić information content (AvgIpc) is 2.72. The number of nitrogens with one attached hydrogen (secondary N) is 1. The van der Waals surface area contributed by atoms with E-state index in [1.165, 1.54) is 11.1 Å². The molecule has 0 saturated carbocycles. The van der Waals surface area contributed by atoms with Crippen LogP contribution in [0.25, 0.3) is 0 Å². The maximum absolute atomic E-state index is 5.83. The van der Waals surface area contributed by atoms with Gasteiger partial charge in [-0.2, -0.15) is 4.98 Å². The largest absolute Gasteiger partial charge is 0.485 e. The third kappa shape index (κ3) is 3.24. The summed E-state index contributed by atoms with van der Waals surface area (Å²) in [6, 6.07) is 6.19. The predicted octanol–water partition coefficient (Wildman–Crippen LogP) is 2.57. The van der Waals surface area contributed by atoms with Gasteiger partial charge in [0.05, 0.1) is 0 Å². The minimum absolute atomic E-state index is 0.0296. The van der Waals surface area contributed by atoms with Crippen molar-refractivity contribution in [3.63, 3.8) is 0 Å². The van der Waals surface area contributed by atoms with Crippen LogP contribution in [0, 0.1) is 6.92 Å². The fourth-order valence-electron chi connectivity index (χ4n) is 1.88. The van der Waals surface area contributed by atoms with E-state index in [0.29, 0.717) is 12.4 Å². The van der Waals surface area contributed by atoms with Crippen LogP contribution in [0.4, 0.5) is 5.95 Å². The molecule has 19 heavy (non-hydrogen) atoms. The zero-order valence-electron chi connectivity index (χ0n) is 11.8. The first-order valence-electron chi connectivity index (χ1n) is 6.27. The highest BCUT2D eigenvalue weighted by Crippen LogP contribution is 2.32. The molecule has 1 heterocycles. The molecule has 0 amide bonds. The van der Waals surface area contributed by atoms with E-state index in [-0.39, 0.29) is 11.4 Å². The summed E-state index contributed by atoms with van der Waals surface area (Å²) in [5.74, 6) is 1.73. The van der Waals surface area contributed by atoms with Gasteiger partial charge in [-0.1, -0.05) is 38.5 Å². The van der Waals surface area contributed by atoms with Gasteiger partial charge in [-0.3, -0.25) is 5.10 Å². The van der Waals surface area contributed by atoms with Gasteiger partial charge in [0.25, 0.3) is 0 Å². The topological polar surface area (TPSA) is 76.8 Å². The fourth-order valence-corrected chi connectivity index (χ4v) is 1.88. The van der Waals surface area contributed by atoms with E-state index in [1.54, 1.807) is 0 Å². The van der Waals surface area contributed by atoms with Crippen LogP contribution in [0.2, 0.25) is 0 Å². The molecule has 102 valence electrons. The van der Waals surface area contributed by atoms with Crippen LogP contribution in [0.15, 0.2) is 18.2 Å². The molecule has 3 N–H and O–H groups in total. The molecular formula is C14H20N4O. The lowest BCUT2D eigenvalue weighted by molar-refractivity contribution is 0.288. The van der Waals surface area contributed by atoms with E-state index in [2.05, 4.69) is 48.9 Å². The minimum atomic E-state index is 0.0296. The van der Waals surface area contributed by atoms with Gasteiger partial charge >= 0.3 is 0 Å². The van der Waals surface area contributed by atoms with Gasteiger partial charge in [0.15, 0.2) is 5.82 Å². The number of ether oxygens (including phenoxy) is 1. The molecule has 0 aliphatic carbocycles. The Morgan fingerprint density at radius 3 is 2.63 bits per heavy atom. The SMILES string of the molecule is Cc1ccc(OCc2nc(N)n[nH]2)c(C(C)(C)C)c1. The Morgan fingerprint density at radius 2 is 2.05 bits per heavy atom. The van der Waals surface area contributed by atoms with Gasteiger partial charge in [-0.15, -0.1) is 5.10 Å². The van der Waals surface area contributed by atoms with E-state index in [4.69, 9.17) is 10.5 Å². The molecule has 1 aromatic carbocycles. The number of hydrogen-bond donors (Lipinski definition) is 2. The molecule has 0 unspecified atom stereocenters. The van der Waals surface area contributed by atoms with Crippen molar-refractivity contribution in [1.29, 1.82) is 0 Å². The average molecular weight is 260 g/mol. The second-order valence-electron chi connectivity index (χ2n) is 5.68. The Hall–Kier alpha value is -2.04. The second kappa shape index (κ2) is 4.91. The Bertz CT molecular complexity index is 569. The van der Waals surface area contributed by atoms with Gasteiger partial charge in [0, 0.05) is 0 Å². The van der Waals surface area contributed by atoms with Gasteiger partial charge in [0.1, 0.15) is 12.4 Å². The Labute approximate surface area is 113 Å². The van der Waals surface area contributed by atoms with Crippen molar-refractivity contribution in [2.75, 3.05) is 5.73 Å². The second-order valence-corrected chi connectivity index (χ2v) is 5.68. The fraction of sp³-hybridized carbons (Fsp3) is 0.429. The lowest BCUT2D eigenvalue weighted by Crippen LogP contribution is -2.14. The number of rotatable bonds is 3. The van der Waals surface area contributed by atoms with Gasteiger partial charge < -0.3 is 10.5 Å². The number of nitrogens with zero attached hydrogens (tertiary/aromatic N) is 2. The molecule has 0 radical (unpaired) electrons. The summed E-state index contributed by atoms with van der Waals surface area (Å²) in [6.07, 6.45) is 0. The van der Waals surface area contributed by atoms with E-state index in [9.17, 15) is 0 Å². The predicted molar refractivity (Wildman–Crippen MR) is 75.0 cm³/mol. The van der Waals surface area contributed by atoms with Crippen LogP contribution in [0.5, 0.6) is 5.75 Å². The van der Waals surface area contributed by atoms with Crippen molar-refractivity contribution >= 4 is 5.95 Å². The molecule has 2 rings (SSSR count). The molecule has 0 aliphatic rings. The summed E-state index contributed by atoms with van der Waals surface area (Å²) in [4.78, 5) is 4.02. The highest BCUT2D eigenvalue weighted by atomic mass is 16.5. The third-order valence-corrected chi connectivity index (χ3v) is 2.86. The van der Waals surface area contributed by atoms with Gasteiger partial charge in [-0.05, 0) is 24.0 Å². The number of hydrogen-bond acceptors (Lipinski definition) is 4. The van der Waals surface area contributed by atoms with Crippen LogP contribution < -0.4 is 10.5 Å². The summed E-state index contributed by atoms with van der Waals surface area (Å²) >= 11 is 0. The van der Waals surface area contributed by atoms with E-state index in [0.717, 1.165) is 5.75 Å². The van der Waals surface area contributed by atoms with Crippen molar-refractivity contribution in [2.24, 2.45) is 0 Å². The molecule has 5 nitrogen and oxygen atoms in total. The Kier molecular flexibility index (Phi) is 3.46. The van der Waals surface area contributed by atoms with Crippen LogP contribution in [-0.2, 0) is 12.0 Å². The lowest BCUT2D eigenvalue weighted by atomic mass is 9.85. The summed E-state index contributed by atoms with van der Waals surface area (Å²) in [5, 5.41) is 6.51. The van der Waals surface area contributed by atoms with Crippen molar-refractivity contribution in [2.45, 2.75) is 39.7 Å². The number of nitrogen functional groups attached to an aromatic ring is 1. The number of nitrogens with two attached hydrogens (primary N) is 1. The first kappa shape index (κ1) is 13.4. The molecule has 2 aromatic rings. The third-order valence-electron chi connectivity index (χ3n) is 2.86. The zero-order chi connectivity index (χ0) is 14.0. The van der Waals surface area contributed by atoms with Crippen LogP contribution in [-0.4, -0.2) is 15.2 Å². The van der Waals surface area contributed by atoms with Crippen molar-refractivity contribution in [3.05, 3.63) is 35.2 Å². The number of aromatic nitrogens is 3. The van der Waals surface area contributed by atoms with Crippen molar-refractivity contribution < 1.29 is 4.74 Å². The Morgan fingerprint density at radius 1 is 1.32 bits per heavy atom. The van der Waals surface area contributed by atoms with Crippen LogP contribution in [0.1, 0.15) is 37.7 Å². The summed E-state index contributed by atoms with van der Waals surface area (Å²) in [7, 11) is 0. The first-order valence-corrected chi connectivity index (χ1v) is 6.27. The zero-order valence-corrected chi connectivity index (χ0v) is 11.8. The van der Waals surface area contributed by atoms with Crippen LogP contribution in [0.3, 0.4) is 0 Å². The standard InChI is InChI=1S/C14H20N4O/c1-9-5-6-11(10(7-9)14(2,3)4)19-8-12-16-13(15)18-17-12/h5-7H,8H2,1-4H3,(H3,15,16,17,18). The summed E-state index contributed by atoms with van der Waals surface area (Å²) in [6.45, 7) is 8.91. The monoisotopic (exact) mass is 260 g/mol. The molecule has 0 atom stereocenters. The van der Waals surface area contributed by atoms with Gasteiger partial charge in [-0.25, -0.2) is 0 Å². The smallest absolute Gasteiger partial charge is 0.239 e. The van der Waals surface area contributed by atoms with E-state index >= 15 is 0 Å². The van der Waals surface area contributed by atoms with Crippen LogP contribution >= 0.6 is 0 Å². The minimum Gasteiger partial charge on any atom is -0.485 e. The molecule has 0 spiro atoms. The molecule has 5 heteroatoms. The van der Waals surface area contributed by atoms with Crippen molar-refractivity contribution in [1.82, 2.24) is 15.2 Å². The quantitative estimate of drug-likeness (QED) is 0.889. The van der Waals surface area contributed by atoms with E-state index < -0.39 is 0 Å². The molecule has 0 fully saturated rings. The number of H-pyrrole nitrogens is 1. The number of benzene rings is 1. The number of aromatic amines is 1. The molecule has 0 saturated heterocycles. The lowest BCUT2D eigenvalue weighted by Gasteiger charge is -2.23. The normalized spacial score (nSPS) is 11.6. The number of anilines is 1. The molecule has 0 aliphatic heterocycles. The highest BCUT2D eigenvalue weighted by Gasteiger charge is 2.19. The summed E-state index contributed by atoms with van der Waals surface area (Å²) in [5.41, 5.74) is 7.89. The maximum atomic E-state index is 5.83. The molecular weight excluding hydrogens is 240 g/mol. The highest BCUT2D eigenvalue weighted by molar-refractivity contribution is 5.41. The Balaban J connectivity index is 2.20. The molecule has 1 aromatic heterocycles. The summed E-state index contributed by atoms with van der Waals surface area (Å²) < 4.78 is 5.83. The number of aryl methyl sites for hydroxylation is 1. The van der Waals surface area contributed by atoms with E-state index in [1.807, 2.05) is 12.1 Å². The van der Waals surface area contributed by atoms with Crippen molar-refractivity contribution in [3.8, 4) is 5.75 Å². The maximum Gasteiger partial charge on any atom is 0.239 e.